The summed E-state index contributed by atoms with van der Waals surface area (Å²) in [5, 5.41) is 0. The van der Waals surface area contributed by atoms with Crippen LogP contribution in [-0.4, -0.2) is 50.3 Å². The van der Waals surface area contributed by atoms with Gasteiger partial charge in [0.05, 0.1) is 11.6 Å². The lowest BCUT2D eigenvalue weighted by Crippen LogP contribution is -2.36. The fraction of sp³-hybridized carbons (Fsp3) is 0.385. The summed E-state index contributed by atoms with van der Waals surface area (Å²) < 4.78 is 0. The number of hydrogen-bond acceptors (Lipinski definition) is 5. The van der Waals surface area contributed by atoms with E-state index in [1.165, 1.54) is 0 Å². The molecule has 33 heavy (non-hydrogen) atoms. The zero-order valence-electron chi connectivity index (χ0n) is 18.9. The molecule has 3 aromatic rings. The molecule has 2 aliphatic heterocycles. The summed E-state index contributed by atoms with van der Waals surface area (Å²) in [4.78, 5) is 42.2. The molecular formula is C26H29N5O2. The van der Waals surface area contributed by atoms with E-state index in [1.54, 1.807) is 6.20 Å². The quantitative estimate of drug-likeness (QED) is 0.656. The first kappa shape index (κ1) is 21.5. The summed E-state index contributed by atoms with van der Waals surface area (Å²) in [7, 11) is 0. The number of aromatic amines is 1. The van der Waals surface area contributed by atoms with Gasteiger partial charge in [-0.1, -0.05) is 36.4 Å². The highest BCUT2D eigenvalue weighted by Crippen LogP contribution is 2.28. The molecule has 7 nitrogen and oxygen atoms in total. The number of aromatic nitrogens is 3. The first-order valence-corrected chi connectivity index (χ1v) is 11.7. The van der Waals surface area contributed by atoms with Crippen LogP contribution in [0, 0.1) is 0 Å². The molecule has 170 valence electrons. The number of benzene rings is 1. The topological polar surface area (TPSA) is 82.2 Å². The van der Waals surface area contributed by atoms with Crippen LogP contribution in [0.15, 0.2) is 59.7 Å². The van der Waals surface area contributed by atoms with Crippen LogP contribution in [0.5, 0.6) is 0 Å². The summed E-state index contributed by atoms with van der Waals surface area (Å²) in [5.74, 6) is 0.724. The van der Waals surface area contributed by atoms with E-state index in [2.05, 4.69) is 20.9 Å². The molecule has 2 aliphatic rings. The Hall–Kier alpha value is -3.32. The standard InChI is InChI=1S/C26H29N5O2/c1-18(20-7-3-2-4-8-20)26(33)31-13-9-21(16-31)24-28-23-17-30(12-10-22(23)25(32)29-24)15-19-6-5-11-27-14-19/h2-8,11,14,18,21H,9-10,12-13,15-17H2,1H3,(H,28,29,32). The van der Waals surface area contributed by atoms with Crippen molar-refractivity contribution >= 4 is 5.91 Å². The number of H-pyrrole nitrogens is 1. The molecule has 0 bridgehead atoms. The van der Waals surface area contributed by atoms with Gasteiger partial charge in [-0.05, 0) is 37.0 Å². The van der Waals surface area contributed by atoms with Gasteiger partial charge in [-0.15, -0.1) is 0 Å². The first-order chi connectivity index (χ1) is 16.1. The van der Waals surface area contributed by atoms with Crippen LogP contribution in [0.25, 0.3) is 0 Å². The molecule has 1 saturated heterocycles. The van der Waals surface area contributed by atoms with Crippen LogP contribution < -0.4 is 5.56 Å². The van der Waals surface area contributed by atoms with E-state index in [0.717, 1.165) is 41.9 Å². The SMILES string of the molecule is CC(C(=O)N1CCC(c2nc3c(c(=O)[nH]2)CCN(Cc2cccnc2)C3)C1)c1ccccc1. The third-order valence-electron chi connectivity index (χ3n) is 6.86. The summed E-state index contributed by atoms with van der Waals surface area (Å²) in [6.45, 7) is 5.52. The van der Waals surface area contributed by atoms with Crippen molar-refractivity contribution in [2.24, 2.45) is 0 Å². The molecule has 7 heteroatoms. The van der Waals surface area contributed by atoms with Crippen LogP contribution in [-0.2, 0) is 24.3 Å². The van der Waals surface area contributed by atoms with Gasteiger partial charge in [-0.2, -0.15) is 0 Å². The monoisotopic (exact) mass is 443 g/mol. The molecule has 1 amide bonds. The van der Waals surface area contributed by atoms with E-state index in [1.807, 2.05) is 54.4 Å². The summed E-state index contributed by atoms with van der Waals surface area (Å²) >= 11 is 0. The van der Waals surface area contributed by atoms with Crippen LogP contribution in [0.2, 0.25) is 0 Å². The second-order valence-corrected chi connectivity index (χ2v) is 9.10. The van der Waals surface area contributed by atoms with Gasteiger partial charge >= 0.3 is 0 Å². The molecule has 1 aromatic carbocycles. The fourth-order valence-corrected chi connectivity index (χ4v) is 4.93. The predicted molar refractivity (Wildman–Crippen MR) is 126 cm³/mol. The highest BCUT2D eigenvalue weighted by atomic mass is 16.2. The number of nitrogens with zero attached hydrogens (tertiary/aromatic N) is 4. The molecule has 1 N–H and O–H groups in total. The molecule has 2 unspecified atom stereocenters. The van der Waals surface area contributed by atoms with Crippen molar-refractivity contribution in [3.8, 4) is 0 Å². The van der Waals surface area contributed by atoms with Crippen molar-refractivity contribution in [3.05, 3.63) is 93.4 Å². The molecule has 2 aromatic heterocycles. The molecular weight excluding hydrogens is 414 g/mol. The Balaban J connectivity index is 1.29. The highest BCUT2D eigenvalue weighted by molar-refractivity contribution is 5.83. The Bertz CT molecular complexity index is 1180. The Morgan fingerprint density at radius 3 is 2.82 bits per heavy atom. The lowest BCUT2D eigenvalue weighted by molar-refractivity contribution is -0.131. The van der Waals surface area contributed by atoms with Crippen molar-refractivity contribution in [2.45, 2.75) is 44.7 Å². The second-order valence-electron chi connectivity index (χ2n) is 9.10. The summed E-state index contributed by atoms with van der Waals surface area (Å²) in [6.07, 6.45) is 5.17. The zero-order chi connectivity index (χ0) is 22.8. The van der Waals surface area contributed by atoms with E-state index in [0.29, 0.717) is 31.9 Å². The van der Waals surface area contributed by atoms with Crippen LogP contribution in [0.1, 0.15) is 53.4 Å². The van der Waals surface area contributed by atoms with Gasteiger partial charge in [0.15, 0.2) is 0 Å². The maximum absolute atomic E-state index is 13.1. The van der Waals surface area contributed by atoms with Gasteiger partial charge in [0.1, 0.15) is 5.82 Å². The van der Waals surface area contributed by atoms with Crippen molar-refractivity contribution in [1.82, 2.24) is 24.8 Å². The van der Waals surface area contributed by atoms with Gasteiger partial charge in [0.25, 0.3) is 5.56 Å². The number of rotatable bonds is 5. The maximum atomic E-state index is 13.1. The lowest BCUT2D eigenvalue weighted by atomic mass is 10.00. The Labute approximate surface area is 193 Å². The molecule has 1 fully saturated rings. The minimum absolute atomic E-state index is 0.0292. The minimum Gasteiger partial charge on any atom is -0.341 e. The van der Waals surface area contributed by atoms with Gasteiger partial charge < -0.3 is 9.88 Å². The average Bonchev–Trinajstić information content (AvgIpc) is 3.34. The molecule has 5 rings (SSSR count). The lowest BCUT2D eigenvalue weighted by Gasteiger charge is -2.28. The molecule has 0 radical (unpaired) electrons. The number of pyridine rings is 1. The number of fused-ring (bicyclic) bond motifs is 1. The molecule has 0 saturated carbocycles. The normalized spacial score (nSPS) is 19.3. The van der Waals surface area contributed by atoms with Gasteiger partial charge in [-0.25, -0.2) is 4.98 Å². The predicted octanol–water partition coefficient (Wildman–Crippen LogP) is 2.84. The van der Waals surface area contributed by atoms with Crippen molar-refractivity contribution in [1.29, 1.82) is 0 Å². The second kappa shape index (κ2) is 9.27. The molecule has 0 spiro atoms. The summed E-state index contributed by atoms with van der Waals surface area (Å²) in [6, 6.07) is 13.9. The number of carbonyl (C=O) groups is 1. The molecule has 0 aliphatic carbocycles. The van der Waals surface area contributed by atoms with E-state index in [-0.39, 0.29) is 23.3 Å². The smallest absolute Gasteiger partial charge is 0.254 e. The minimum atomic E-state index is -0.179. The third kappa shape index (κ3) is 4.59. The fourth-order valence-electron chi connectivity index (χ4n) is 4.93. The maximum Gasteiger partial charge on any atom is 0.254 e. The van der Waals surface area contributed by atoms with Gasteiger partial charge in [0.2, 0.25) is 5.91 Å². The highest BCUT2D eigenvalue weighted by Gasteiger charge is 2.32. The van der Waals surface area contributed by atoms with Gasteiger partial charge in [0, 0.05) is 56.6 Å². The van der Waals surface area contributed by atoms with Gasteiger partial charge in [-0.3, -0.25) is 19.5 Å². The van der Waals surface area contributed by atoms with Crippen LogP contribution in [0.4, 0.5) is 0 Å². The molecule has 2 atom stereocenters. The number of nitrogens with one attached hydrogen (secondary N) is 1. The number of amides is 1. The van der Waals surface area contributed by atoms with Crippen LogP contribution in [0.3, 0.4) is 0 Å². The van der Waals surface area contributed by atoms with Crippen molar-refractivity contribution in [3.63, 3.8) is 0 Å². The van der Waals surface area contributed by atoms with Crippen molar-refractivity contribution in [2.75, 3.05) is 19.6 Å². The zero-order valence-corrected chi connectivity index (χ0v) is 18.9. The van der Waals surface area contributed by atoms with E-state index in [9.17, 15) is 9.59 Å². The number of carbonyl (C=O) groups excluding carboxylic acids is 1. The number of likely N-dealkylation sites (tertiary alicyclic amines) is 1. The third-order valence-corrected chi connectivity index (χ3v) is 6.86. The average molecular weight is 444 g/mol. The Kier molecular flexibility index (Phi) is 6.05. The Morgan fingerprint density at radius 2 is 2.03 bits per heavy atom. The Morgan fingerprint density at radius 1 is 1.18 bits per heavy atom. The van der Waals surface area contributed by atoms with Crippen molar-refractivity contribution < 1.29 is 4.79 Å². The first-order valence-electron chi connectivity index (χ1n) is 11.7. The van der Waals surface area contributed by atoms with E-state index < -0.39 is 0 Å². The van der Waals surface area contributed by atoms with E-state index >= 15 is 0 Å². The molecule has 4 heterocycles. The largest absolute Gasteiger partial charge is 0.341 e. The van der Waals surface area contributed by atoms with E-state index in [4.69, 9.17) is 4.98 Å². The van der Waals surface area contributed by atoms with Crippen LogP contribution >= 0.6 is 0 Å². The number of hydrogen-bond donors (Lipinski definition) is 1. The summed E-state index contributed by atoms with van der Waals surface area (Å²) in [5.41, 5.74) is 3.82.